The standard InChI is InChI=1S/C16H21F3N2O2/c1-10-9-12(7-8-20-10)21-15(22)11(2)23-14-6-4-3-5-13(14)16(17,18)19/h3-6,10-12,20H,7-9H2,1-2H3,(H,21,22). The van der Waals surface area contributed by atoms with E-state index in [4.69, 9.17) is 4.74 Å². The fourth-order valence-corrected chi connectivity index (χ4v) is 2.63. The van der Waals surface area contributed by atoms with Crippen LogP contribution in [-0.2, 0) is 11.0 Å². The van der Waals surface area contributed by atoms with E-state index in [-0.39, 0.29) is 11.8 Å². The molecule has 23 heavy (non-hydrogen) atoms. The zero-order valence-corrected chi connectivity index (χ0v) is 13.1. The van der Waals surface area contributed by atoms with Crippen molar-refractivity contribution in [3.8, 4) is 5.75 Å². The van der Waals surface area contributed by atoms with E-state index >= 15 is 0 Å². The van der Waals surface area contributed by atoms with E-state index in [2.05, 4.69) is 10.6 Å². The molecule has 0 spiro atoms. The summed E-state index contributed by atoms with van der Waals surface area (Å²) in [4.78, 5) is 12.1. The topological polar surface area (TPSA) is 50.4 Å². The summed E-state index contributed by atoms with van der Waals surface area (Å²) in [6.45, 7) is 4.28. The van der Waals surface area contributed by atoms with Crippen LogP contribution in [0.25, 0.3) is 0 Å². The number of piperidine rings is 1. The van der Waals surface area contributed by atoms with Crippen LogP contribution in [0.1, 0.15) is 32.3 Å². The van der Waals surface area contributed by atoms with Gasteiger partial charge in [-0.15, -0.1) is 0 Å². The Hall–Kier alpha value is -1.76. The van der Waals surface area contributed by atoms with Crippen molar-refractivity contribution in [1.29, 1.82) is 0 Å². The average molecular weight is 330 g/mol. The Balaban J connectivity index is 1.99. The molecule has 1 heterocycles. The fourth-order valence-electron chi connectivity index (χ4n) is 2.63. The van der Waals surface area contributed by atoms with Crippen molar-refractivity contribution in [1.82, 2.24) is 10.6 Å². The molecule has 7 heteroatoms. The van der Waals surface area contributed by atoms with Gasteiger partial charge in [0.05, 0.1) is 5.56 Å². The molecule has 128 valence electrons. The lowest BCUT2D eigenvalue weighted by atomic mass is 10.0. The smallest absolute Gasteiger partial charge is 0.419 e. The monoisotopic (exact) mass is 330 g/mol. The summed E-state index contributed by atoms with van der Waals surface area (Å²) < 4.78 is 44.0. The molecule has 1 amide bonds. The van der Waals surface area contributed by atoms with Gasteiger partial charge < -0.3 is 15.4 Å². The molecule has 4 nitrogen and oxygen atoms in total. The van der Waals surface area contributed by atoms with Crippen molar-refractivity contribution < 1.29 is 22.7 Å². The van der Waals surface area contributed by atoms with E-state index < -0.39 is 23.8 Å². The van der Waals surface area contributed by atoms with E-state index in [0.717, 1.165) is 25.5 Å². The SMILES string of the molecule is CC1CC(NC(=O)C(C)Oc2ccccc2C(F)(F)F)CCN1. The van der Waals surface area contributed by atoms with Crippen LogP contribution in [-0.4, -0.2) is 30.6 Å². The molecular formula is C16H21F3N2O2. The van der Waals surface area contributed by atoms with Crippen molar-refractivity contribution in [2.24, 2.45) is 0 Å². The number of hydrogen-bond acceptors (Lipinski definition) is 3. The predicted molar refractivity (Wildman–Crippen MR) is 80.2 cm³/mol. The summed E-state index contributed by atoms with van der Waals surface area (Å²) in [6, 6.07) is 5.22. The van der Waals surface area contributed by atoms with Crippen molar-refractivity contribution in [3.05, 3.63) is 29.8 Å². The van der Waals surface area contributed by atoms with Crippen LogP contribution in [0, 0.1) is 0 Å². The molecule has 2 N–H and O–H groups in total. The second-order valence-electron chi connectivity index (χ2n) is 5.84. The number of amides is 1. The van der Waals surface area contributed by atoms with E-state index in [9.17, 15) is 18.0 Å². The number of rotatable bonds is 4. The molecule has 0 radical (unpaired) electrons. The van der Waals surface area contributed by atoms with E-state index in [0.29, 0.717) is 6.04 Å². The van der Waals surface area contributed by atoms with Gasteiger partial charge in [0.1, 0.15) is 5.75 Å². The lowest BCUT2D eigenvalue weighted by Gasteiger charge is -2.29. The molecule has 1 fully saturated rings. The van der Waals surface area contributed by atoms with Gasteiger partial charge in [0.2, 0.25) is 0 Å². The summed E-state index contributed by atoms with van der Waals surface area (Å²) in [5.74, 6) is -0.734. The van der Waals surface area contributed by atoms with E-state index in [1.807, 2.05) is 6.92 Å². The Labute approximate surface area is 133 Å². The molecular weight excluding hydrogens is 309 g/mol. The van der Waals surface area contributed by atoms with E-state index in [1.54, 1.807) is 0 Å². The van der Waals surface area contributed by atoms with Gasteiger partial charge in [-0.3, -0.25) is 4.79 Å². The highest BCUT2D eigenvalue weighted by Gasteiger charge is 2.35. The van der Waals surface area contributed by atoms with Gasteiger partial charge in [-0.05, 0) is 45.4 Å². The number of ether oxygens (including phenoxy) is 1. The van der Waals surface area contributed by atoms with Gasteiger partial charge in [0.25, 0.3) is 5.91 Å². The molecule has 0 saturated carbocycles. The van der Waals surface area contributed by atoms with Crippen molar-refractivity contribution in [3.63, 3.8) is 0 Å². The highest BCUT2D eigenvalue weighted by atomic mass is 19.4. The molecule has 1 aliphatic rings. The molecule has 1 saturated heterocycles. The number of hydrogen-bond donors (Lipinski definition) is 2. The molecule has 3 unspecified atom stereocenters. The Morgan fingerprint density at radius 2 is 2.09 bits per heavy atom. The van der Waals surface area contributed by atoms with Crippen LogP contribution in [0.15, 0.2) is 24.3 Å². The van der Waals surface area contributed by atoms with Crippen LogP contribution in [0.4, 0.5) is 13.2 Å². The molecule has 0 aromatic heterocycles. The lowest BCUT2D eigenvalue weighted by molar-refractivity contribution is -0.140. The average Bonchev–Trinajstić information content (AvgIpc) is 2.46. The largest absolute Gasteiger partial charge is 0.480 e. The summed E-state index contributed by atoms with van der Waals surface area (Å²) in [5.41, 5.74) is -0.880. The minimum absolute atomic E-state index is 0.0164. The Bertz CT molecular complexity index is 548. The maximum atomic E-state index is 12.9. The van der Waals surface area contributed by atoms with Crippen LogP contribution < -0.4 is 15.4 Å². The zero-order chi connectivity index (χ0) is 17.0. The third-order valence-electron chi connectivity index (χ3n) is 3.84. The second-order valence-corrected chi connectivity index (χ2v) is 5.84. The van der Waals surface area contributed by atoms with Crippen molar-refractivity contribution in [2.75, 3.05) is 6.54 Å². The zero-order valence-electron chi connectivity index (χ0n) is 13.1. The quantitative estimate of drug-likeness (QED) is 0.892. The highest BCUT2D eigenvalue weighted by molar-refractivity contribution is 5.81. The predicted octanol–water partition coefficient (Wildman–Crippen LogP) is 2.73. The summed E-state index contributed by atoms with van der Waals surface area (Å²) in [6.07, 6.45) is -3.93. The summed E-state index contributed by atoms with van der Waals surface area (Å²) >= 11 is 0. The summed E-state index contributed by atoms with van der Waals surface area (Å²) in [5, 5.41) is 6.11. The van der Waals surface area contributed by atoms with Gasteiger partial charge in [0, 0.05) is 12.1 Å². The number of nitrogens with one attached hydrogen (secondary N) is 2. The minimum Gasteiger partial charge on any atom is -0.480 e. The van der Waals surface area contributed by atoms with Gasteiger partial charge in [-0.25, -0.2) is 0 Å². The second kappa shape index (κ2) is 7.21. The van der Waals surface area contributed by atoms with Gasteiger partial charge in [0.15, 0.2) is 6.10 Å². The minimum atomic E-state index is -4.52. The highest BCUT2D eigenvalue weighted by Crippen LogP contribution is 2.36. The van der Waals surface area contributed by atoms with Crippen molar-refractivity contribution in [2.45, 2.75) is 51.1 Å². The normalized spacial score (nSPS) is 23.2. The number of para-hydroxylation sites is 1. The number of halogens is 3. The Morgan fingerprint density at radius 1 is 1.39 bits per heavy atom. The number of carbonyl (C=O) groups is 1. The first-order valence-electron chi connectivity index (χ1n) is 7.64. The number of alkyl halides is 3. The number of carbonyl (C=O) groups excluding carboxylic acids is 1. The van der Waals surface area contributed by atoms with Crippen LogP contribution in [0.3, 0.4) is 0 Å². The molecule has 0 bridgehead atoms. The Kier molecular flexibility index (Phi) is 5.51. The lowest BCUT2D eigenvalue weighted by Crippen LogP contribution is -2.49. The van der Waals surface area contributed by atoms with Gasteiger partial charge in [-0.1, -0.05) is 12.1 Å². The van der Waals surface area contributed by atoms with Gasteiger partial charge in [-0.2, -0.15) is 13.2 Å². The first kappa shape index (κ1) is 17.6. The van der Waals surface area contributed by atoms with Crippen LogP contribution in [0.2, 0.25) is 0 Å². The first-order chi connectivity index (χ1) is 10.8. The first-order valence-corrected chi connectivity index (χ1v) is 7.64. The Morgan fingerprint density at radius 3 is 2.74 bits per heavy atom. The number of benzene rings is 1. The van der Waals surface area contributed by atoms with Crippen LogP contribution in [0.5, 0.6) is 5.75 Å². The molecule has 0 aliphatic carbocycles. The van der Waals surface area contributed by atoms with Crippen LogP contribution >= 0.6 is 0 Å². The molecule has 1 aliphatic heterocycles. The van der Waals surface area contributed by atoms with Gasteiger partial charge >= 0.3 is 6.18 Å². The molecule has 3 atom stereocenters. The third kappa shape index (κ3) is 4.86. The fraction of sp³-hybridized carbons (Fsp3) is 0.562. The maximum absolute atomic E-state index is 12.9. The molecule has 1 aromatic rings. The summed E-state index contributed by atoms with van der Waals surface area (Å²) in [7, 11) is 0. The van der Waals surface area contributed by atoms with Crippen molar-refractivity contribution >= 4 is 5.91 Å². The molecule has 2 rings (SSSR count). The molecule has 1 aromatic carbocycles. The van der Waals surface area contributed by atoms with E-state index in [1.165, 1.54) is 25.1 Å². The third-order valence-corrected chi connectivity index (χ3v) is 3.84. The maximum Gasteiger partial charge on any atom is 0.419 e.